The van der Waals surface area contributed by atoms with Gasteiger partial charge in [-0.2, -0.15) is 0 Å². The third kappa shape index (κ3) is 4.30. The topological polar surface area (TPSA) is 50.4 Å². The van der Waals surface area contributed by atoms with Crippen LogP contribution in [0.1, 0.15) is 31.2 Å². The predicted molar refractivity (Wildman–Crippen MR) is 83.7 cm³/mol. The normalized spacial score (nSPS) is 18.2. The highest BCUT2D eigenvalue weighted by Crippen LogP contribution is 2.25. The second kappa shape index (κ2) is 7.76. The van der Waals surface area contributed by atoms with Gasteiger partial charge < -0.3 is 15.4 Å². The Morgan fingerprint density at radius 3 is 3.10 bits per heavy atom. The summed E-state index contributed by atoms with van der Waals surface area (Å²) in [6.45, 7) is 1.55. The van der Waals surface area contributed by atoms with E-state index in [4.69, 9.17) is 4.74 Å². The van der Waals surface area contributed by atoms with Gasteiger partial charge in [0.1, 0.15) is 0 Å². The van der Waals surface area contributed by atoms with Crippen molar-refractivity contribution < 1.29 is 9.53 Å². The standard InChI is InChI=1S/C15H21BrN2O2/c1-20-10-12-13(16)5-2-6-14(12)18-15(19)8-7-11-4-3-9-17-11/h2,5-6,11,17H,3-4,7-10H2,1H3,(H,18,19). The van der Waals surface area contributed by atoms with Crippen LogP contribution in [0.3, 0.4) is 0 Å². The van der Waals surface area contributed by atoms with Crippen LogP contribution in [0.5, 0.6) is 0 Å². The second-order valence-corrected chi connectivity index (χ2v) is 5.93. The fourth-order valence-corrected chi connectivity index (χ4v) is 2.97. The predicted octanol–water partition coefficient (Wildman–Crippen LogP) is 3.07. The van der Waals surface area contributed by atoms with Gasteiger partial charge in [0.2, 0.25) is 5.91 Å². The van der Waals surface area contributed by atoms with Crippen molar-refractivity contribution in [2.24, 2.45) is 0 Å². The molecule has 1 fully saturated rings. The first-order valence-electron chi connectivity index (χ1n) is 7.00. The lowest BCUT2D eigenvalue weighted by Gasteiger charge is -2.13. The van der Waals surface area contributed by atoms with Gasteiger partial charge in [0.25, 0.3) is 0 Å². The summed E-state index contributed by atoms with van der Waals surface area (Å²) >= 11 is 3.49. The number of methoxy groups -OCH3 is 1. The summed E-state index contributed by atoms with van der Waals surface area (Å²) in [5, 5.41) is 6.39. The van der Waals surface area contributed by atoms with Gasteiger partial charge >= 0.3 is 0 Å². The highest BCUT2D eigenvalue weighted by molar-refractivity contribution is 9.10. The van der Waals surface area contributed by atoms with Gasteiger partial charge in [-0.3, -0.25) is 4.79 Å². The molecule has 1 saturated heterocycles. The molecule has 0 aliphatic carbocycles. The van der Waals surface area contributed by atoms with E-state index in [0.29, 0.717) is 19.1 Å². The molecule has 0 radical (unpaired) electrons. The van der Waals surface area contributed by atoms with Crippen LogP contribution in [0, 0.1) is 0 Å². The molecule has 1 aromatic carbocycles. The van der Waals surface area contributed by atoms with Gasteiger partial charge in [-0.1, -0.05) is 22.0 Å². The summed E-state index contributed by atoms with van der Waals surface area (Å²) in [6, 6.07) is 6.27. The molecule has 1 amide bonds. The zero-order valence-electron chi connectivity index (χ0n) is 11.7. The summed E-state index contributed by atoms with van der Waals surface area (Å²) in [5.41, 5.74) is 1.80. The Hall–Kier alpha value is -0.910. The minimum absolute atomic E-state index is 0.0640. The molecule has 1 aliphatic heterocycles. The van der Waals surface area contributed by atoms with Crippen molar-refractivity contribution >= 4 is 27.5 Å². The lowest BCUT2D eigenvalue weighted by Crippen LogP contribution is -2.23. The van der Waals surface area contributed by atoms with Crippen molar-refractivity contribution in [3.8, 4) is 0 Å². The Labute approximate surface area is 128 Å². The van der Waals surface area contributed by atoms with E-state index in [1.54, 1.807) is 7.11 Å². The maximum atomic E-state index is 12.0. The number of halogens is 1. The second-order valence-electron chi connectivity index (χ2n) is 5.08. The van der Waals surface area contributed by atoms with Crippen molar-refractivity contribution in [2.45, 2.75) is 38.3 Å². The fourth-order valence-electron chi connectivity index (χ4n) is 2.49. The molecule has 4 nitrogen and oxygen atoms in total. The first-order chi connectivity index (χ1) is 9.70. The molecule has 2 rings (SSSR count). The minimum atomic E-state index is 0.0640. The van der Waals surface area contributed by atoms with Gasteiger partial charge in [0.15, 0.2) is 0 Å². The van der Waals surface area contributed by atoms with Crippen molar-refractivity contribution in [2.75, 3.05) is 19.0 Å². The number of nitrogens with one attached hydrogen (secondary N) is 2. The average molecular weight is 341 g/mol. The fraction of sp³-hybridized carbons (Fsp3) is 0.533. The number of carbonyl (C=O) groups is 1. The largest absolute Gasteiger partial charge is 0.380 e. The summed E-state index contributed by atoms with van der Waals surface area (Å²) in [6.07, 6.45) is 3.85. The first-order valence-corrected chi connectivity index (χ1v) is 7.79. The van der Waals surface area contributed by atoms with Gasteiger partial charge in [-0.15, -0.1) is 0 Å². The number of anilines is 1. The first kappa shape index (κ1) is 15.5. The van der Waals surface area contributed by atoms with Crippen molar-refractivity contribution in [3.63, 3.8) is 0 Å². The highest BCUT2D eigenvalue weighted by atomic mass is 79.9. The quantitative estimate of drug-likeness (QED) is 0.836. The van der Waals surface area contributed by atoms with Gasteiger partial charge in [0, 0.05) is 35.3 Å². The maximum Gasteiger partial charge on any atom is 0.224 e. The van der Waals surface area contributed by atoms with Crippen LogP contribution in [0.15, 0.2) is 22.7 Å². The Morgan fingerprint density at radius 2 is 2.40 bits per heavy atom. The molecular weight excluding hydrogens is 320 g/mol. The van der Waals surface area contributed by atoms with Crippen molar-refractivity contribution in [1.29, 1.82) is 0 Å². The molecule has 110 valence electrons. The molecule has 0 aromatic heterocycles. The molecule has 1 unspecified atom stereocenters. The Bertz CT molecular complexity index is 459. The molecule has 0 spiro atoms. The Kier molecular flexibility index (Phi) is 6.01. The van der Waals surface area contributed by atoms with Crippen LogP contribution in [0.25, 0.3) is 0 Å². The van der Waals surface area contributed by atoms with Crippen LogP contribution in [-0.2, 0) is 16.1 Å². The maximum absolute atomic E-state index is 12.0. The Morgan fingerprint density at radius 1 is 1.55 bits per heavy atom. The van der Waals surface area contributed by atoms with E-state index in [0.717, 1.165) is 28.7 Å². The molecule has 1 aromatic rings. The molecule has 1 heterocycles. The zero-order valence-corrected chi connectivity index (χ0v) is 13.3. The van der Waals surface area contributed by atoms with E-state index in [-0.39, 0.29) is 5.91 Å². The number of rotatable bonds is 6. The number of amides is 1. The number of benzene rings is 1. The van der Waals surface area contributed by atoms with Crippen molar-refractivity contribution in [3.05, 3.63) is 28.2 Å². The van der Waals surface area contributed by atoms with Crippen LogP contribution in [0.4, 0.5) is 5.69 Å². The zero-order chi connectivity index (χ0) is 14.4. The number of hydrogen-bond acceptors (Lipinski definition) is 3. The van der Waals surface area contributed by atoms with E-state index in [9.17, 15) is 4.79 Å². The van der Waals surface area contributed by atoms with E-state index in [1.807, 2.05) is 18.2 Å². The molecule has 1 atom stereocenters. The lowest BCUT2D eigenvalue weighted by atomic mass is 10.1. The van der Waals surface area contributed by atoms with Gasteiger partial charge in [-0.25, -0.2) is 0 Å². The molecule has 1 aliphatic rings. The molecule has 5 heteroatoms. The number of hydrogen-bond donors (Lipinski definition) is 2. The number of ether oxygens (including phenoxy) is 1. The van der Waals surface area contributed by atoms with E-state index < -0.39 is 0 Å². The molecule has 0 bridgehead atoms. The van der Waals surface area contributed by atoms with Crippen LogP contribution < -0.4 is 10.6 Å². The Balaban J connectivity index is 1.91. The average Bonchev–Trinajstić information content (AvgIpc) is 2.94. The smallest absolute Gasteiger partial charge is 0.224 e. The lowest BCUT2D eigenvalue weighted by molar-refractivity contribution is -0.116. The van der Waals surface area contributed by atoms with Crippen molar-refractivity contribution in [1.82, 2.24) is 5.32 Å². The van der Waals surface area contributed by atoms with E-state index in [2.05, 4.69) is 26.6 Å². The summed E-state index contributed by atoms with van der Waals surface area (Å²) in [4.78, 5) is 12.0. The van der Waals surface area contributed by atoms with E-state index in [1.165, 1.54) is 12.8 Å². The SMILES string of the molecule is COCc1c(Br)cccc1NC(=O)CCC1CCCN1. The monoisotopic (exact) mass is 340 g/mol. The van der Waals surface area contributed by atoms with E-state index >= 15 is 0 Å². The molecule has 0 saturated carbocycles. The minimum Gasteiger partial charge on any atom is -0.380 e. The van der Waals surface area contributed by atoms with Crippen LogP contribution >= 0.6 is 15.9 Å². The summed E-state index contributed by atoms with van der Waals surface area (Å²) in [5.74, 6) is 0.0640. The van der Waals surface area contributed by atoms with Crippen LogP contribution in [0.2, 0.25) is 0 Å². The molecular formula is C15H21BrN2O2. The summed E-state index contributed by atoms with van der Waals surface area (Å²) in [7, 11) is 1.65. The molecule has 20 heavy (non-hydrogen) atoms. The number of carbonyl (C=O) groups excluding carboxylic acids is 1. The van der Waals surface area contributed by atoms with Crippen LogP contribution in [-0.4, -0.2) is 25.6 Å². The van der Waals surface area contributed by atoms with Gasteiger partial charge in [-0.05, 0) is 37.9 Å². The third-order valence-electron chi connectivity index (χ3n) is 3.56. The highest BCUT2D eigenvalue weighted by Gasteiger charge is 2.16. The molecule has 2 N–H and O–H groups in total. The summed E-state index contributed by atoms with van der Waals surface area (Å²) < 4.78 is 6.13. The third-order valence-corrected chi connectivity index (χ3v) is 4.31. The van der Waals surface area contributed by atoms with Gasteiger partial charge in [0.05, 0.1) is 6.61 Å².